The summed E-state index contributed by atoms with van der Waals surface area (Å²) in [6.07, 6.45) is -4.16. The molecule has 0 aliphatic heterocycles. The van der Waals surface area contributed by atoms with E-state index in [0.717, 1.165) is 29.5 Å². The highest BCUT2D eigenvalue weighted by Gasteiger charge is 2.31. The Morgan fingerprint density at radius 3 is 2.04 bits per heavy atom. The Hall–Kier alpha value is -2.35. The summed E-state index contributed by atoms with van der Waals surface area (Å²) in [5, 5.41) is 8.34. The molecule has 1 aromatic heterocycles. The van der Waals surface area contributed by atoms with E-state index in [0.29, 0.717) is 11.8 Å². The van der Waals surface area contributed by atoms with Crippen LogP contribution >= 0.6 is 11.8 Å². The molecule has 0 unspecified atom stereocenters. The lowest BCUT2D eigenvalue weighted by Crippen LogP contribution is -2.21. The van der Waals surface area contributed by atoms with Gasteiger partial charge in [0.15, 0.2) is 5.78 Å². The van der Waals surface area contributed by atoms with Crippen molar-refractivity contribution in [1.82, 2.24) is 4.98 Å². The first-order valence-electron chi connectivity index (χ1n) is 8.44. The number of carboxylic acids is 1. The lowest BCUT2D eigenvalue weighted by Gasteiger charge is -2.19. The summed E-state index contributed by atoms with van der Waals surface area (Å²) in [5.41, 5.74) is 0.441. The van der Waals surface area contributed by atoms with Crippen molar-refractivity contribution < 1.29 is 27.9 Å². The van der Waals surface area contributed by atoms with E-state index in [1.165, 1.54) is 0 Å². The Morgan fingerprint density at radius 1 is 1.04 bits per heavy atom. The van der Waals surface area contributed by atoms with Crippen LogP contribution in [0.3, 0.4) is 0 Å². The minimum atomic E-state index is -4.52. The van der Waals surface area contributed by atoms with Crippen LogP contribution in [0.1, 0.15) is 48.7 Å². The van der Waals surface area contributed by atoms with E-state index in [1.54, 1.807) is 12.1 Å². The number of hydrogen-bond acceptors (Lipinski definition) is 4. The molecular weight excluding hydrogens is 391 g/mol. The van der Waals surface area contributed by atoms with Gasteiger partial charge in [-0.25, -0.2) is 4.98 Å². The van der Waals surface area contributed by atoms with Gasteiger partial charge >= 0.3 is 12.1 Å². The number of carbonyl (C=O) groups excluding carboxylic acids is 1. The molecule has 2 aromatic rings. The quantitative estimate of drug-likeness (QED) is 0.522. The van der Waals surface area contributed by atoms with Crippen molar-refractivity contribution in [3.05, 3.63) is 59.3 Å². The predicted octanol–water partition coefficient (Wildman–Crippen LogP) is 5.22. The molecule has 0 saturated heterocycles. The van der Waals surface area contributed by atoms with Gasteiger partial charge in [-0.1, -0.05) is 56.8 Å². The molecule has 2 rings (SSSR count). The van der Waals surface area contributed by atoms with Crippen LogP contribution in [0.25, 0.3) is 0 Å². The van der Waals surface area contributed by atoms with Crippen molar-refractivity contribution in [2.75, 3.05) is 0 Å². The molecule has 4 nitrogen and oxygen atoms in total. The van der Waals surface area contributed by atoms with Gasteiger partial charge in [0.25, 0.3) is 0 Å². The van der Waals surface area contributed by atoms with Crippen molar-refractivity contribution in [3.63, 3.8) is 0 Å². The van der Waals surface area contributed by atoms with Crippen LogP contribution in [0, 0.1) is 0 Å². The Kier molecular flexibility index (Phi) is 6.54. The number of benzene rings is 1. The van der Waals surface area contributed by atoms with Crippen molar-refractivity contribution in [1.29, 1.82) is 0 Å². The average Bonchev–Trinajstić information content (AvgIpc) is 2.60. The first-order chi connectivity index (χ1) is 12.9. The second kappa shape index (κ2) is 8.34. The normalized spacial score (nSPS) is 13.2. The van der Waals surface area contributed by atoms with Gasteiger partial charge in [0, 0.05) is 18.2 Å². The summed E-state index contributed by atoms with van der Waals surface area (Å²) in [7, 11) is 0. The Bertz CT molecular complexity index is 841. The van der Waals surface area contributed by atoms with Gasteiger partial charge in [0.1, 0.15) is 5.25 Å². The SMILES string of the molecule is CC(C)(C)c1ccc(C(=O)C[C@@H](Sc2ccc(C(F)(F)F)cn2)C(=O)O)cc1. The number of Topliss-reactive ketones (excluding diaryl/α,β-unsaturated/α-hetero) is 1. The Balaban J connectivity index is 2.10. The molecule has 1 atom stereocenters. The van der Waals surface area contributed by atoms with E-state index in [1.807, 2.05) is 32.9 Å². The zero-order valence-corrected chi connectivity index (χ0v) is 16.4. The predicted molar refractivity (Wildman–Crippen MR) is 101 cm³/mol. The number of carbonyl (C=O) groups is 2. The van der Waals surface area contributed by atoms with Crippen molar-refractivity contribution in [2.45, 2.75) is 49.1 Å². The topological polar surface area (TPSA) is 67.3 Å². The number of hydrogen-bond donors (Lipinski definition) is 1. The van der Waals surface area contributed by atoms with Crippen LogP contribution < -0.4 is 0 Å². The van der Waals surface area contributed by atoms with Gasteiger partial charge in [-0.05, 0) is 23.1 Å². The van der Waals surface area contributed by atoms with Gasteiger partial charge in [0.2, 0.25) is 0 Å². The molecule has 1 heterocycles. The van der Waals surface area contributed by atoms with Gasteiger partial charge in [0.05, 0.1) is 10.6 Å². The standard InChI is InChI=1S/C20H20F3NO3S/c1-19(2,3)13-6-4-12(5-7-13)15(25)10-16(18(26)27)28-17-9-8-14(11-24-17)20(21,22)23/h4-9,11,16H,10H2,1-3H3,(H,26,27)/t16-/m1/s1. The molecule has 0 aliphatic carbocycles. The lowest BCUT2D eigenvalue weighted by molar-refractivity contribution is -0.138. The summed E-state index contributed by atoms with van der Waals surface area (Å²) in [6.45, 7) is 6.12. The van der Waals surface area contributed by atoms with Crippen molar-refractivity contribution in [3.8, 4) is 0 Å². The van der Waals surface area contributed by atoms with E-state index in [2.05, 4.69) is 4.98 Å². The van der Waals surface area contributed by atoms with Crippen LogP contribution in [0.5, 0.6) is 0 Å². The number of halogens is 3. The fourth-order valence-corrected chi connectivity index (χ4v) is 3.27. The smallest absolute Gasteiger partial charge is 0.417 e. The zero-order chi connectivity index (χ0) is 21.1. The summed E-state index contributed by atoms with van der Waals surface area (Å²) >= 11 is 0.748. The maximum atomic E-state index is 12.6. The molecule has 0 saturated carbocycles. The minimum Gasteiger partial charge on any atom is -0.480 e. The zero-order valence-electron chi connectivity index (χ0n) is 15.6. The third-order valence-corrected chi connectivity index (χ3v) is 5.18. The maximum Gasteiger partial charge on any atom is 0.417 e. The Morgan fingerprint density at radius 2 is 1.61 bits per heavy atom. The highest BCUT2D eigenvalue weighted by Crippen LogP contribution is 2.31. The largest absolute Gasteiger partial charge is 0.480 e. The number of aromatic nitrogens is 1. The molecule has 0 radical (unpaired) electrons. The maximum absolute atomic E-state index is 12.6. The highest BCUT2D eigenvalue weighted by molar-refractivity contribution is 8.00. The monoisotopic (exact) mass is 411 g/mol. The number of thioether (sulfide) groups is 1. The number of nitrogens with zero attached hydrogens (tertiary/aromatic N) is 1. The van der Waals surface area contributed by atoms with E-state index in [-0.39, 0.29) is 22.6 Å². The van der Waals surface area contributed by atoms with Crippen LogP contribution in [0.4, 0.5) is 13.2 Å². The first-order valence-corrected chi connectivity index (χ1v) is 9.32. The molecule has 150 valence electrons. The molecule has 0 spiro atoms. The Labute approximate surface area is 165 Å². The van der Waals surface area contributed by atoms with Gasteiger partial charge in [-0.15, -0.1) is 0 Å². The number of carboxylic acid groups (broad SMARTS) is 1. The molecule has 0 bridgehead atoms. The van der Waals surface area contributed by atoms with Gasteiger partial charge in [-0.2, -0.15) is 13.2 Å². The van der Waals surface area contributed by atoms with Crippen LogP contribution in [-0.2, 0) is 16.4 Å². The second-order valence-electron chi connectivity index (χ2n) is 7.28. The van der Waals surface area contributed by atoms with E-state index in [9.17, 15) is 27.9 Å². The number of aliphatic carboxylic acids is 1. The molecular formula is C20H20F3NO3S. The molecule has 0 fully saturated rings. The molecule has 0 amide bonds. The van der Waals surface area contributed by atoms with Crippen molar-refractivity contribution >= 4 is 23.5 Å². The summed E-state index contributed by atoms with van der Waals surface area (Å²) in [5.74, 6) is -1.58. The molecule has 1 N–H and O–H groups in total. The highest BCUT2D eigenvalue weighted by atomic mass is 32.2. The van der Waals surface area contributed by atoms with Crippen molar-refractivity contribution in [2.24, 2.45) is 0 Å². The van der Waals surface area contributed by atoms with E-state index in [4.69, 9.17) is 0 Å². The fourth-order valence-electron chi connectivity index (χ4n) is 2.39. The number of rotatable bonds is 6. The number of alkyl halides is 3. The fraction of sp³-hybridized carbons (Fsp3) is 0.350. The van der Waals surface area contributed by atoms with Crippen LogP contribution in [-0.4, -0.2) is 27.1 Å². The molecule has 0 aliphatic rings. The molecule has 28 heavy (non-hydrogen) atoms. The van der Waals surface area contributed by atoms with E-state index >= 15 is 0 Å². The lowest BCUT2D eigenvalue weighted by atomic mass is 9.86. The van der Waals surface area contributed by atoms with Gasteiger partial charge < -0.3 is 5.11 Å². The second-order valence-corrected chi connectivity index (χ2v) is 8.51. The minimum absolute atomic E-state index is 0.0741. The number of pyridine rings is 1. The first kappa shape index (κ1) is 21.9. The third kappa shape index (κ3) is 5.82. The van der Waals surface area contributed by atoms with E-state index < -0.39 is 23.0 Å². The number of ketones is 1. The average molecular weight is 411 g/mol. The van der Waals surface area contributed by atoms with Crippen LogP contribution in [0.15, 0.2) is 47.6 Å². The summed E-state index contributed by atoms with van der Waals surface area (Å²) in [4.78, 5) is 27.6. The van der Waals surface area contributed by atoms with Gasteiger partial charge in [-0.3, -0.25) is 9.59 Å². The third-order valence-electron chi connectivity index (χ3n) is 4.05. The summed E-state index contributed by atoms with van der Waals surface area (Å²) in [6, 6.07) is 8.90. The van der Waals surface area contributed by atoms with Crippen LogP contribution in [0.2, 0.25) is 0 Å². The molecule has 8 heteroatoms. The molecule has 1 aromatic carbocycles. The summed E-state index contributed by atoms with van der Waals surface area (Å²) < 4.78 is 37.8.